The number of fused-ring (bicyclic) bond motifs is 1. The lowest BCUT2D eigenvalue weighted by Crippen LogP contribution is -2.37. The second kappa shape index (κ2) is 9.96. The molecule has 0 spiro atoms. The molecule has 0 fully saturated rings. The summed E-state index contributed by atoms with van der Waals surface area (Å²) in [5, 5.41) is 6.75. The molecule has 0 saturated heterocycles. The summed E-state index contributed by atoms with van der Waals surface area (Å²) in [6.07, 6.45) is 5.41. The van der Waals surface area contributed by atoms with Crippen molar-refractivity contribution in [3.8, 4) is 0 Å². The molecular weight excluding hydrogens is 446 g/mol. The molecular formula is C26H35N5O2S. The van der Waals surface area contributed by atoms with Crippen LogP contribution in [-0.2, 0) is 17.9 Å². The van der Waals surface area contributed by atoms with E-state index in [9.17, 15) is 4.79 Å². The van der Waals surface area contributed by atoms with Gasteiger partial charge in [-0.3, -0.25) is 10.1 Å². The Morgan fingerprint density at radius 1 is 1.35 bits per heavy atom. The first kappa shape index (κ1) is 24.5. The minimum Gasteiger partial charge on any atom is -0.445 e. The van der Waals surface area contributed by atoms with Crippen LogP contribution in [-0.4, -0.2) is 26.5 Å². The standard InChI is InChI=1S/C26H35N5O2S/c1-7-12-31-20-9-8-18(14-27-16(2)26(4,5)6)13-19(20)29-25(31)30-24(32)23-11-10-22(34-23)21-15-28-17(3)33-21/h8-9,11,13,15-16,22,27H,7,10,12,14H2,1-6H3,(H,29,30,32)/t16-,22?/m0/s1. The zero-order chi connectivity index (χ0) is 24.5. The number of thioether (sulfide) groups is 1. The first-order chi connectivity index (χ1) is 16.2. The van der Waals surface area contributed by atoms with E-state index in [1.807, 2.05) is 13.0 Å². The molecule has 0 radical (unpaired) electrons. The molecule has 1 amide bonds. The fraction of sp³-hybridized carbons (Fsp3) is 0.500. The molecule has 3 heterocycles. The van der Waals surface area contributed by atoms with Gasteiger partial charge in [-0.25, -0.2) is 9.97 Å². The summed E-state index contributed by atoms with van der Waals surface area (Å²) in [5.74, 6) is 1.92. The summed E-state index contributed by atoms with van der Waals surface area (Å²) in [5.41, 5.74) is 3.31. The fourth-order valence-electron chi connectivity index (χ4n) is 3.88. The Bertz CT molecular complexity index is 1200. The van der Waals surface area contributed by atoms with Crippen LogP contribution in [0, 0.1) is 12.3 Å². The van der Waals surface area contributed by atoms with Crippen molar-refractivity contribution in [2.24, 2.45) is 5.41 Å². The maximum absolute atomic E-state index is 13.1. The second-order valence-electron chi connectivity index (χ2n) is 10.0. The number of benzene rings is 1. The molecule has 1 unspecified atom stereocenters. The van der Waals surface area contributed by atoms with Crippen molar-refractivity contribution in [3.05, 3.63) is 52.6 Å². The lowest BCUT2D eigenvalue weighted by atomic mass is 9.88. The summed E-state index contributed by atoms with van der Waals surface area (Å²) in [7, 11) is 0. The third kappa shape index (κ3) is 5.39. The number of aryl methyl sites for hydroxylation is 2. The Hall–Kier alpha value is -2.58. The monoisotopic (exact) mass is 481 g/mol. The van der Waals surface area contributed by atoms with Crippen LogP contribution in [0.5, 0.6) is 0 Å². The summed E-state index contributed by atoms with van der Waals surface area (Å²) >= 11 is 1.51. The van der Waals surface area contributed by atoms with Gasteiger partial charge < -0.3 is 14.3 Å². The Morgan fingerprint density at radius 2 is 2.15 bits per heavy atom. The predicted molar refractivity (Wildman–Crippen MR) is 139 cm³/mol. The maximum Gasteiger partial charge on any atom is 0.264 e. The Balaban J connectivity index is 1.49. The number of allylic oxidation sites excluding steroid dienone is 1. The summed E-state index contributed by atoms with van der Waals surface area (Å²) < 4.78 is 7.75. The highest BCUT2D eigenvalue weighted by molar-refractivity contribution is 8.04. The topological polar surface area (TPSA) is 85.0 Å². The maximum atomic E-state index is 13.1. The Kier molecular flexibility index (Phi) is 7.19. The number of nitrogens with one attached hydrogen (secondary N) is 2. The van der Waals surface area contributed by atoms with Gasteiger partial charge in [0.15, 0.2) is 5.89 Å². The van der Waals surface area contributed by atoms with Crippen molar-refractivity contribution in [1.29, 1.82) is 0 Å². The number of aromatic nitrogens is 3. The normalized spacial score (nSPS) is 17.2. The van der Waals surface area contributed by atoms with Gasteiger partial charge in [-0.15, -0.1) is 11.8 Å². The smallest absolute Gasteiger partial charge is 0.264 e. The van der Waals surface area contributed by atoms with Crippen LogP contribution in [0.2, 0.25) is 0 Å². The van der Waals surface area contributed by atoms with Crippen molar-refractivity contribution in [2.75, 3.05) is 5.32 Å². The minimum atomic E-state index is -0.128. The van der Waals surface area contributed by atoms with E-state index in [1.54, 1.807) is 6.20 Å². The van der Waals surface area contributed by atoms with Crippen molar-refractivity contribution in [1.82, 2.24) is 19.9 Å². The zero-order valence-corrected chi connectivity index (χ0v) is 21.8. The highest BCUT2D eigenvalue weighted by Crippen LogP contribution is 2.44. The van der Waals surface area contributed by atoms with Crippen LogP contribution < -0.4 is 10.6 Å². The highest BCUT2D eigenvalue weighted by atomic mass is 32.2. The van der Waals surface area contributed by atoms with Gasteiger partial charge in [0.2, 0.25) is 5.95 Å². The number of carbonyl (C=O) groups is 1. The number of oxazole rings is 1. The summed E-state index contributed by atoms with van der Waals surface area (Å²) in [6.45, 7) is 14.5. The van der Waals surface area contributed by atoms with Gasteiger partial charge in [0.05, 0.1) is 27.4 Å². The molecule has 4 rings (SSSR count). The number of hydrogen-bond acceptors (Lipinski definition) is 6. The third-order valence-corrected chi connectivity index (χ3v) is 7.68. The molecule has 7 nitrogen and oxygen atoms in total. The van der Waals surface area contributed by atoms with Crippen LogP contribution in [0.4, 0.5) is 5.95 Å². The Labute approximate surface area is 205 Å². The van der Waals surface area contributed by atoms with Gasteiger partial charge in [-0.05, 0) is 42.9 Å². The first-order valence-electron chi connectivity index (χ1n) is 12.0. The molecule has 0 bridgehead atoms. The van der Waals surface area contributed by atoms with Gasteiger partial charge in [0, 0.05) is 26.1 Å². The van der Waals surface area contributed by atoms with E-state index in [-0.39, 0.29) is 16.6 Å². The number of rotatable bonds is 8. The highest BCUT2D eigenvalue weighted by Gasteiger charge is 2.27. The number of imidazole rings is 1. The Morgan fingerprint density at radius 3 is 2.82 bits per heavy atom. The van der Waals surface area contributed by atoms with Gasteiger partial charge in [-0.1, -0.05) is 39.8 Å². The van der Waals surface area contributed by atoms with Gasteiger partial charge in [0.1, 0.15) is 5.76 Å². The molecule has 2 N–H and O–H groups in total. The molecule has 1 aliphatic rings. The average Bonchev–Trinajstić information content (AvgIpc) is 3.50. The van der Waals surface area contributed by atoms with Gasteiger partial charge in [-0.2, -0.15) is 0 Å². The van der Waals surface area contributed by atoms with Crippen molar-refractivity contribution in [2.45, 2.75) is 78.8 Å². The van der Waals surface area contributed by atoms with Crippen molar-refractivity contribution < 1.29 is 9.21 Å². The van der Waals surface area contributed by atoms with E-state index in [0.29, 0.717) is 22.8 Å². The zero-order valence-electron chi connectivity index (χ0n) is 20.9. The largest absolute Gasteiger partial charge is 0.445 e. The van der Waals surface area contributed by atoms with E-state index >= 15 is 0 Å². The third-order valence-electron chi connectivity index (χ3n) is 6.36. The molecule has 0 saturated carbocycles. The first-order valence-corrected chi connectivity index (χ1v) is 12.9. The predicted octanol–water partition coefficient (Wildman–Crippen LogP) is 5.97. The van der Waals surface area contributed by atoms with Crippen molar-refractivity contribution >= 4 is 34.7 Å². The van der Waals surface area contributed by atoms with Crippen LogP contribution in [0.25, 0.3) is 11.0 Å². The SMILES string of the molecule is CCCn1c(NC(=O)C2=CCC(c3cnc(C)o3)S2)nc2cc(CN[C@@H](C)C(C)(C)C)ccc21. The number of nitrogens with zero attached hydrogens (tertiary/aromatic N) is 3. The summed E-state index contributed by atoms with van der Waals surface area (Å²) in [6, 6.07) is 6.75. The number of hydrogen-bond donors (Lipinski definition) is 2. The molecule has 3 aromatic rings. The molecule has 1 aromatic carbocycles. The number of carbonyl (C=O) groups excluding carboxylic acids is 1. The van der Waals surface area contributed by atoms with Crippen LogP contribution in [0.15, 0.2) is 39.8 Å². The summed E-state index contributed by atoms with van der Waals surface area (Å²) in [4.78, 5) is 22.7. The quantitative estimate of drug-likeness (QED) is 0.412. The number of amides is 1. The molecule has 2 aromatic heterocycles. The lowest BCUT2D eigenvalue weighted by Gasteiger charge is -2.28. The number of anilines is 1. The molecule has 8 heteroatoms. The van der Waals surface area contributed by atoms with Crippen LogP contribution >= 0.6 is 11.8 Å². The van der Waals surface area contributed by atoms with E-state index in [1.165, 1.54) is 17.3 Å². The lowest BCUT2D eigenvalue weighted by molar-refractivity contribution is -0.112. The minimum absolute atomic E-state index is 0.0851. The fourth-order valence-corrected chi connectivity index (χ4v) is 4.96. The van der Waals surface area contributed by atoms with Crippen LogP contribution in [0.1, 0.15) is 69.9 Å². The van der Waals surface area contributed by atoms with E-state index in [4.69, 9.17) is 9.40 Å². The van der Waals surface area contributed by atoms with E-state index < -0.39 is 0 Å². The molecule has 0 aliphatic carbocycles. The van der Waals surface area contributed by atoms with E-state index in [0.717, 1.165) is 42.7 Å². The average molecular weight is 482 g/mol. The van der Waals surface area contributed by atoms with Crippen molar-refractivity contribution in [3.63, 3.8) is 0 Å². The molecule has 34 heavy (non-hydrogen) atoms. The molecule has 1 aliphatic heterocycles. The molecule has 2 atom stereocenters. The van der Waals surface area contributed by atoms with Gasteiger partial charge >= 0.3 is 0 Å². The second-order valence-corrected chi connectivity index (χ2v) is 11.3. The molecule has 182 valence electrons. The van der Waals surface area contributed by atoms with E-state index in [2.05, 4.69) is 73.0 Å². The van der Waals surface area contributed by atoms with Gasteiger partial charge in [0.25, 0.3) is 5.91 Å². The van der Waals surface area contributed by atoms with Crippen LogP contribution in [0.3, 0.4) is 0 Å².